The first-order valence-corrected chi connectivity index (χ1v) is 13.4. The maximum absolute atomic E-state index is 14.2. The van der Waals surface area contributed by atoms with Crippen LogP contribution in [0.1, 0.15) is 58.5 Å². The van der Waals surface area contributed by atoms with E-state index < -0.39 is 47.4 Å². The van der Waals surface area contributed by atoms with Gasteiger partial charge >= 0.3 is 6.18 Å². The van der Waals surface area contributed by atoms with Gasteiger partial charge in [-0.2, -0.15) is 23.5 Å². The van der Waals surface area contributed by atoms with Crippen LogP contribution >= 0.6 is 0 Å². The second-order valence-electron chi connectivity index (χ2n) is 9.99. The van der Waals surface area contributed by atoms with Crippen molar-refractivity contribution in [3.05, 3.63) is 113 Å². The minimum absolute atomic E-state index is 0.163. The van der Waals surface area contributed by atoms with E-state index in [0.717, 1.165) is 18.2 Å². The van der Waals surface area contributed by atoms with Crippen LogP contribution in [0.4, 0.5) is 23.4 Å². The number of anilines is 1. The number of likely N-dealkylation sites (N-methyl/N-ethyl adjacent to an activating group) is 1. The van der Waals surface area contributed by atoms with Crippen LogP contribution < -0.4 is 15.5 Å². The van der Waals surface area contributed by atoms with Crippen LogP contribution in [0.2, 0.25) is 0 Å². The Morgan fingerprint density at radius 2 is 1.77 bits per heavy atom. The predicted octanol–water partition coefficient (Wildman–Crippen LogP) is 5.46. The zero-order valence-electron chi connectivity index (χ0n) is 23.1. The topological polar surface area (TPSA) is 103 Å². The summed E-state index contributed by atoms with van der Waals surface area (Å²) in [6, 6.07) is 16.4. The molecule has 2 N–H and O–H groups in total. The first kappa shape index (κ1) is 29.3. The Labute approximate surface area is 244 Å². The van der Waals surface area contributed by atoms with Gasteiger partial charge in [-0.25, -0.2) is 9.07 Å². The normalized spacial score (nSPS) is 17.1. The molecule has 0 fully saturated rings. The minimum atomic E-state index is -4.67. The number of nitrogens with zero attached hydrogens (tertiary/aromatic N) is 4. The molecule has 2 amide bonds. The van der Waals surface area contributed by atoms with E-state index >= 15 is 0 Å². The number of para-hydroxylation sites is 1. The van der Waals surface area contributed by atoms with Gasteiger partial charge in [-0.1, -0.05) is 36.4 Å². The first-order valence-electron chi connectivity index (χ1n) is 13.4. The van der Waals surface area contributed by atoms with Crippen molar-refractivity contribution in [2.24, 2.45) is 0 Å². The Morgan fingerprint density at radius 1 is 1.07 bits per heavy atom. The molecule has 0 unspecified atom stereocenters. The van der Waals surface area contributed by atoms with Crippen molar-refractivity contribution in [2.45, 2.75) is 38.0 Å². The highest BCUT2D eigenvalue weighted by Gasteiger charge is 2.47. The van der Waals surface area contributed by atoms with Crippen LogP contribution in [0, 0.1) is 17.3 Å². The molecule has 1 aromatic heterocycles. The van der Waals surface area contributed by atoms with E-state index in [1.54, 1.807) is 42.8 Å². The third kappa shape index (κ3) is 5.53. The Balaban J connectivity index is 1.72. The largest absolute Gasteiger partial charge is 0.416 e. The number of hydrogen-bond donors (Lipinski definition) is 2. The van der Waals surface area contributed by atoms with Crippen molar-refractivity contribution < 1.29 is 27.2 Å². The van der Waals surface area contributed by atoms with E-state index in [2.05, 4.69) is 10.6 Å². The summed E-state index contributed by atoms with van der Waals surface area (Å²) in [6.07, 6.45) is -2.77. The number of carbonyl (C=O) groups is 2. The second-order valence-corrected chi connectivity index (χ2v) is 9.99. The number of amides is 2. The van der Waals surface area contributed by atoms with Gasteiger partial charge in [0.2, 0.25) is 0 Å². The van der Waals surface area contributed by atoms with Crippen molar-refractivity contribution in [1.29, 1.82) is 5.26 Å². The van der Waals surface area contributed by atoms with Crippen molar-refractivity contribution in [3.63, 3.8) is 0 Å². The minimum Gasteiger partial charge on any atom is -0.339 e. The molecule has 12 heteroatoms. The van der Waals surface area contributed by atoms with Crippen LogP contribution in [-0.2, 0) is 11.0 Å². The molecular weight excluding hydrogens is 564 g/mol. The Bertz CT molecular complexity index is 1700. The molecule has 3 aromatic carbocycles. The molecule has 4 aromatic rings. The average molecular weight is 591 g/mol. The van der Waals surface area contributed by atoms with Crippen LogP contribution in [0.5, 0.6) is 0 Å². The third-order valence-corrected chi connectivity index (χ3v) is 7.33. The van der Waals surface area contributed by atoms with Gasteiger partial charge in [0, 0.05) is 23.6 Å². The maximum Gasteiger partial charge on any atom is 0.416 e. The zero-order chi connectivity index (χ0) is 30.9. The van der Waals surface area contributed by atoms with Crippen molar-refractivity contribution >= 4 is 17.6 Å². The lowest BCUT2D eigenvalue weighted by molar-refractivity contribution is -0.137. The molecule has 220 valence electrons. The molecule has 0 spiro atoms. The molecule has 0 aliphatic carbocycles. The number of halogens is 4. The quantitative estimate of drug-likeness (QED) is 0.169. The highest BCUT2D eigenvalue weighted by atomic mass is 19.4. The number of nitrogens with one attached hydrogen (secondary N) is 2. The number of hydrogen-bond acceptors (Lipinski definition) is 5. The zero-order valence-corrected chi connectivity index (χ0v) is 23.1. The van der Waals surface area contributed by atoms with E-state index in [4.69, 9.17) is 5.10 Å². The highest BCUT2D eigenvalue weighted by molar-refractivity contribution is 6.05. The summed E-state index contributed by atoms with van der Waals surface area (Å²) >= 11 is 0. The van der Waals surface area contributed by atoms with E-state index in [0.29, 0.717) is 28.3 Å². The molecule has 1 aliphatic rings. The lowest BCUT2D eigenvalue weighted by Crippen LogP contribution is -2.55. The van der Waals surface area contributed by atoms with E-state index in [1.165, 1.54) is 35.2 Å². The van der Waals surface area contributed by atoms with Gasteiger partial charge in [-0.05, 0) is 61.9 Å². The van der Waals surface area contributed by atoms with Gasteiger partial charge in [0.05, 0.1) is 23.0 Å². The van der Waals surface area contributed by atoms with Crippen LogP contribution in [0.3, 0.4) is 0 Å². The van der Waals surface area contributed by atoms with E-state index in [9.17, 15) is 32.4 Å². The Kier molecular flexibility index (Phi) is 7.91. The second kappa shape index (κ2) is 11.6. The van der Waals surface area contributed by atoms with E-state index in [1.807, 2.05) is 12.3 Å². The summed E-state index contributed by atoms with van der Waals surface area (Å²) in [6.45, 7) is 3.62. The number of alkyl halides is 3. The SMILES string of the molecule is CCN1C(=O)[C@H](NC(=O)c2cccc(C(F)(F)F)c2)[C@H](c2ccc(F)cc2)c2c([C@@H](C)NC#N)nn(-c3ccccc3)c21. The van der Waals surface area contributed by atoms with Crippen LogP contribution in [0.15, 0.2) is 78.9 Å². The number of nitriles is 1. The molecule has 0 saturated carbocycles. The number of rotatable bonds is 7. The number of fused-ring (bicyclic) bond motifs is 1. The molecule has 0 radical (unpaired) electrons. The van der Waals surface area contributed by atoms with Gasteiger partial charge in [-0.3, -0.25) is 14.5 Å². The summed E-state index contributed by atoms with van der Waals surface area (Å²) in [5.41, 5.74) is 0.698. The van der Waals surface area contributed by atoms with E-state index in [-0.39, 0.29) is 12.1 Å². The number of carbonyl (C=O) groups excluding carboxylic acids is 2. The summed E-state index contributed by atoms with van der Waals surface area (Å²) in [5, 5.41) is 19.6. The van der Waals surface area contributed by atoms with Crippen molar-refractivity contribution in [3.8, 4) is 11.9 Å². The standard InChI is InChI=1S/C31H26F4N6O2/c1-3-40-29-25(26(18(2)37-17-36)39-41(29)23-10-5-4-6-11-23)24(19-12-14-22(32)15-13-19)27(30(40)43)38-28(42)20-8-7-9-21(16-20)31(33,34)35/h4-16,18,24,27,37H,3H2,1-2H3,(H,38,42)/t18-,24-,27-/m1/s1. The molecule has 0 bridgehead atoms. The smallest absolute Gasteiger partial charge is 0.339 e. The molecular formula is C31H26F4N6O2. The molecule has 1 aliphatic heterocycles. The average Bonchev–Trinajstić information content (AvgIpc) is 3.38. The fourth-order valence-electron chi connectivity index (χ4n) is 5.35. The van der Waals surface area contributed by atoms with Crippen molar-refractivity contribution in [2.75, 3.05) is 11.4 Å². The number of benzene rings is 3. The Hall–Kier alpha value is -5.18. The van der Waals surface area contributed by atoms with Crippen molar-refractivity contribution in [1.82, 2.24) is 20.4 Å². The summed E-state index contributed by atoms with van der Waals surface area (Å²) in [5.74, 6) is -2.48. The molecule has 3 atom stereocenters. The molecule has 8 nitrogen and oxygen atoms in total. The molecule has 2 heterocycles. The number of aromatic nitrogens is 2. The third-order valence-electron chi connectivity index (χ3n) is 7.33. The highest BCUT2D eigenvalue weighted by Crippen LogP contribution is 2.45. The maximum atomic E-state index is 14.2. The molecule has 5 rings (SSSR count). The first-order chi connectivity index (χ1) is 20.5. The Morgan fingerprint density at radius 3 is 2.40 bits per heavy atom. The van der Waals surface area contributed by atoms with Gasteiger partial charge in [-0.15, -0.1) is 0 Å². The molecule has 43 heavy (non-hydrogen) atoms. The van der Waals surface area contributed by atoms with Gasteiger partial charge in [0.25, 0.3) is 11.8 Å². The van der Waals surface area contributed by atoms with Crippen LogP contribution in [0.25, 0.3) is 5.69 Å². The fourth-order valence-corrected chi connectivity index (χ4v) is 5.35. The summed E-state index contributed by atoms with van der Waals surface area (Å²) < 4.78 is 55.8. The summed E-state index contributed by atoms with van der Waals surface area (Å²) in [7, 11) is 0. The van der Waals surface area contributed by atoms with Gasteiger partial charge < -0.3 is 10.6 Å². The summed E-state index contributed by atoms with van der Waals surface area (Å²) in [4.78, 5) is 29.1. The van der Waals surface area contributed by atoms with Gasteiger partial charge in [0.1, 0.15) is 17.7 Å². The molecule has 0 saturated heterocycles. The monoisotopic (exact) mass is 590 g/mol. The van der Waals surface area contributed by atoms with Crippen LogP contribution in [-0.4, -0.2) is 34.2 Å². The lowest BCUT2D eigenvalue weighted by atomic mass is 9.80. The lowest BCUT2D eigenvalue weighted by Gasteiger charge is -2.38. The predicted molar refractivity (Wildman–Crippen MR) is 150 cm³/mol. The van der Waals surface area contributed by atoms with Gasteiger partial charge in [0.15, 0.2) is 6.19 Å². The fraction of sp³-hybridized carbons (Fsp3) is 0.226.